The fourth-order valence-corrected chi connectivity index (χ4v) is 8.21. The summed E-state index contributed by atoms with van der Waals surface area (Å²) in [7, 11) is 0. The van der Waals surface area contributed by atoms with Gasteiger partial charge in [0.1, 0.15) is 0 Å². The molecule has 0 saturated carbocycles. The molecule has 0 N–H and O–H groups in total. The van der Waals surface area contributed by atoms with Gasteiger partial charge in [0.05, 0.1) is 0 Å². The largest absolute Gasteiger partial charge is 0.208 e. The van der Waals surface area contributed by atoms with Gasteiger partial charge < -0.3 is 0 Å². The van der Waals surface area contributed by atoms with Crippen LogP contribution in [-0.2, 0) is 0 Å². The molecule has 6 nitrogen and oxygen atoms in total. The molecule has 0 bridgehead atoms. The van der Waals surface area contributed by atoms with Gasteiger partial charge in [0, 0.05) is 59.1 Å². The number of hydrogen-bond donors (Lipinski definition) is 0. The van der Waals surface area contributed by atoms with Crippen molar-refractivity contribution in [2.24, 2.45) is 0 Å². The number of fused-ring (bicyclic) bond motifs is 3. The zero-order valence-electron chi connectivity index (χ0n) is 29.4. The van der Waals surface area contributed by atoms with Crippen molar-refractivity contribution >= 4 is 31.5 Å². The van der Waals surface area contributed by atoms with Gasteiger partial charge in [-0.2, -0.15) is 0 Å². The lowest BCUT2D eigenvalue weighted by atomic mass is 9.95. The monoisotopic (exact) mass is 722 g/mol. The smallest absolute Gasteiger partial charge is 0.164 e. The standard InChI is InChI=1S/C48H30N6S/c1-5-16-31(17-6-1)43-49-44(32-18-7-2-8-19-32)52-47(51-43)36-25-15-24-35(30-36)41-39(29-28-38-37-26-13-14-27-40(37)55-42(38)41)48-53-45(33-20-9-3-10-21-33)50-46(54-48)34-22-11-4-12-23-34/h1-30H. The number of aromatic nitrogens is 6. The van der Waals surface area contributed by atoms with E-state index < -0.39 is 0 Å². The van der Waals surface area contributed by atoms with Crippen molar-refractivity contribution in [3.05, 3.63) is 182 Å². The van der Waals surface area contributed by atoms with Gasteiger partial charge >= 0.3 is 0 Å². The highest BCUT2D eigenvalue weighted by atomic mass is 32.1. The zero-order chi connectivity index (χ0) is 36.6. The Bertz CT molecular complexity index is 2850. The van der Waals surface area contributed by atoms with Crippen molar-refractivity contribution < 1.29 is 0 Å². The van der Waals surface area contributed by atoms with Crippen LogP contribution >= 0.6 is 11.3 Å². The van der Waals surface area contributed by atoms with Crippen LogP contribution in [0.2, 0.25) is 0 Å². The Morgan fingerprint density at radius 3 is 1.20 bits per heavy atom. The van der Waals surface area contributed by atoms with Crippen LogP contribution in [0, 0.1) is 0 Å². The lowest BCUT2D eigenvalue weighted by Crippen LogP contribution is -2.01. The first-order chi connectivity index (χ1) is 27.2. The Hall–Kier alpha value is -7.22. The SMILES string of the molecule is c1ccc(-c2nc(-c3ccccc3)nc(-c3cccc(-c4c(-c5nc(-c6ccccc6)nc(-c6ccccc6)n5)ccc5c4sc4ccccc45)c3)n2)cc1. The molecule has 0 unspecified atom stereocenters. The molecule has 3 aromatic heterocycles. The molecule has 55 heavy (non-hydrogen) atoms. The van der Waals surface area contributed by atoms with Crippen molar-refractivity contribution in [3.8, 4) is 79.5 Å². The molecule has 0 spiro atoms. The molecule has 0 fully saturated rings. The molecule has 7 heteroatoms. The molecular weight excluding hydrogens is 693 g/mol. The van der Waals surface area contributed by atoms with Gasteiger partial charge in [0.15, 0.2) is 34.9 Å². The van der Waals surface area contributed by atoms with E-state index in [0.717, 1.165) is 49.2 Å². The van der Waals surface area contributed by atoms with Crippen molar-refractivity contribution in [1.29, 1.82) is 0 Å². The van der Waals surface area contributed by atoms with Crippen LogP contribution in [0.4, 0.5) is 0 Å². The van der Waals surface area contributed by atoms with E-state index in [9.17, 15) is 0 Å². The first kappa shape index (κ1) is 32.4. The maximum atomic E-state index is 5.17. The quantitative estimate of drug-likeness (QED) is 0.163. The van der Waals surface area contributed by atoms with E-state index in [1.807, 2.05) is 121 Å². The number of nitrogens with zero attached hydrogens (tertiary/aromatic N) is 6. The van der Waals surface area contributed by atoms with Gasteiger partial charge in [-0.25, -0.2) is 29.9 Å². The average Bonchev–Trinajstić information content (AvgIpc) is 3.66. The second kappa shape index (κ2) is 14.0. The second-order valence-corrected chi connectivity index (χ2v) is 14.2. The summed E-state index contributed by atoms with van der Waals surface area (Å²) in [5.41, 5.74) is 7.55. The van der Waals surface area contributed by atoms with Gasteiger partial charge in [0.25, 0.3) is 0 Å². The van der Waals surface area contributed by atoms with Crippen molar-refractivity contribution in [2.45, 2.75) is 0 Å². The summed E-state index contributed by atoms with van der Waals surface area (Å²) in [4.78, 5) is 30.3. The Balaban J connectivity index is 1.21. The number of rotatable bonds is 7. The molecule has 10 rings (SSSR count). The molecule has 0 aliphatic carbocycles. The lowest BCUT2D eigenvalue weighted by Gasteiger charge is -2.14. The molecule has 0 amide bonds. The number of benzene rings is 7. The van der Waals surface area contributed by atoms with E-state index in [4.69, 9.17) is 29.9 Å². The maximum Gasteiger partial charge on any atom is 0.164 e. The van der Waals surface area contributed by atoms with Crippen LogP contribution in [0.25, 0.3) is 99.6 Å². The van der Waals surface area contributed by atoms with E-state index in [0.29, 0.717) is 34.9 Å². The van der Waals surface area contributed by atoms with E-state index in [2.05, 4.69) is 60.7 Å². The van der Waals surface area contributed by atoms with Crippen LogP contribution in [0.15, 0.2) is 182 Å². The summed E-state index contributed by atoms with van der Waals surface area (Å²) in [6.45, 7) is 0. The minimum Gasteiger partial charge on any atom is -0.208 e. The van der Waals surface area contributed by atoms with Gasteiger partial charge in [0.2, 0.25) is 0 Å². The third-order valence-corrected chi connectivity index (χ3v) is 10.8. The molecule has 0 atom stereocenters. The predicted octanol–water partition coefficient (Wildman–Crippen LogP) is 12.1. The zero-order valence-corrected chi connectivity index (χ0v) is 30.2. The molecule has 0 aliphatic heterocycles. The minimum absolute atomic E-state index is 0.595. The fourth-order valence-electron chi connectivity index (χ4n) is 6.94. The predicted molar refractivity (Wildman–Crippen MR) is 224 cm³/mol. The molecule has 10 aromatic rings. The minimum atomic E-state index is 0.595. The summed E-state index contributed by atoms with van der Waals surface area (Å²) < 4.78 is 2.37. The van der Waals surface area contributed by atoms with Crippen molar-refractivity contribution in [1.82, 2.24) is 29.9 Å². The van der Waals surface area contributed by atoms with Crippen LogP contribution in [0.5, 0.6) is 0 Å². The number of thiophene rings is 1. The summed E-state index contributed by atoms with van der Waals surface area (Å²) >= 11 is 1.78. The van der Waals surface area contributed by atoms with Crippen LogP contribution in [-0.4, -0.2) is 29.9 Å². The third-order valence-electron chi connectivity index (χ3n) is 9.60. The Labute approximate surface area is 321 Å². The highest BCUT2D eigenvalue weighted by Crippen LogP contribution is 2.45. The molecule has 0 radical (unpaired) electrons. The van der Waals surface area contributed by atoms with E-state index >= 15 is 0 Å². The highest BCUT2D eigenvalue weighted by Gasteiger charge is 2.21. The van der Waals surface area contributed by atoms with Gasteiger partial charge in [-0.1, -0.05) is 164 Å². The van der Waals surface area contributed by atoms with Crippen LogP contribution < -0.4 is 0 Å². The topological polar surface area (TPSA) is 77.3 Å². The lowest BCUT2D eigenvalue weighted by molar-refractivity contribution is 1.07. The second-order valence-electron chi connectivity index (χ2n) is 13.1. The summed E-state index contributed by atoms with van der Waals surface area (Å²) in [5, 5.41) is 2.40. The van der Waals surface area contributed by atoms with Crippen LogP contribution in [0.3, 0.4) is 0 Å². The first-order valence-electron chi connectivity index (χ1n) is 18.0. The van der Waals surface area contributed by atoms with Crippen molar-refractivity contribution in [2.75, 3.05) is 0 Å². The maximum absolute atomic E-state index is 5.17. The molecule has 7 aromatic carbocycles. The molecular formula is C48H30N6S. The van der Waals surface area contributed by atoms with E-state index in [-0.39, 0.29) is 0 Å². The summed E-state index contributed by atoms with van der Waals surface area (Å²) in [5.74, 6) is 3.67. The Morgan fingerprint density at radius 2 is 0.691 bits per heavy atom. The van der Waals surface area contributed by atoms with Gasteiger partial charge in [-0.3, -0.25) is 0 Å². The highest BCUT2D eigenvalue weighted by molar-refractivity contribution is 7.26. The van der Waals surface area contributed by atoms with Gasteiger partial charge in [-0.15, -0.1) is 11.3 Å². The Morgan fingerprint density at radius 1 is 0.291 bits per heavy atom. The molecule has 3 heterocycles. The average molecular weight is 723 g/mol. The number of hydrogen-bond acceptors (Lipinski definition) is 7. The van der Waals surface area contributed by atoms with Crippen molar-refractivity contribution in [3.63, 3.8) is 0 Å². The fraction of sp³-hybridized carbons (Fsp3) is 0. The molecule has 258 valence electrons. The van der Waals surface area contributed by atoms with Gasteiger partial charge in [-0.05, 0) is 23.8 Å². The normalized spacial score (nSPS) is 11.3. The third kappa shape index (κ3) is 6.22. The van der Waals surface area contributed by atoms with E-state index in [1.165, 1.54) is 15.5 Å². The molecule has 0 aliphatic rings. The van der Waals surface area contributed by atoms with Crippen LogP contribution in [0.1, 0.15) is 0 Å². The first-order valence-corrected chi connectivity index (χ1v) is 18.9. The summed E-state index contributed by atoms with van der Waals surface area (Å²) in [6, 6.07) is 61.7. The van der Waals surface area contributed by atoms with E-state index in [1.54, 1.807) is 11.3 Å². The summed E-state index contributed by atoms with van der Waals surface area (Å²) in [6.07, 6.45) is 0. The molecule has 0 saturated heterocycles. The Kier molecular flexibility index (Phi) is 8.24.